The minimum absolute atomic E-state index is 0.247. The topological polar surface area (TPSA) is 29.5 Å². The van der Waals surface area contributed by atoms with E-state index >= 15 is 0 Å². The number of nitrogens with zero attached hydrogens (tertiary/aromatic N) is 1. The van der Waals surface area contributed by atoms with E-state index in [0.717, 1.165) is 29.0 Å². The van der Waals surface area contributed by atoms with E-state index in [9.17, 15) is 4.79 Å². The normalized spacial score (nSPS) is 18.8. The predicted octanol–water partition coefficient (Wildman–Crippen LogP) is 3.06. The lowest BCUT2D eigenvalue weighted by atomic mass is 9.82. The quantitative estimate of drug-likeness (QED) is 0.615. The lowest BCUT2D eigenvalue weighted by molar-refractivity contribution is -0.104. The summed E-state index contributed by atoms with van der Waals surface area (Å²) >= 11 is 0. The molecule has 1 aromatic carbocycles. The fourth-order valence-corrected chi connectivity index (χ4v) is 2.86. The number of carbonyl (C=O) groups excluding carboxylic acids is 1. The molecule has 0 atom stereocenters. The number of likely N-dealkylation sites (N-methyl/N-ethyl adjacent to an activating group) is 1. The number of hydrogen-bond acceptors (Lipinski definition) is 3. The zero-order valence-electron chi connectivity index (χ0n) is 11.9. The molecule has 0 fully saturated rings. The van der Waals surface area contributed by atoms with Crippen molar-refractivity contribution in [2.75, 3.05) is 19.1 Å². The summed E-state index contributed by atoms with van der Waals surface area (Å²) < 4.78 is 5.29. The first-order chi connectivity index (χ1) is 8.97. The number of rotatable bonds is 3. The number of aldehydes is 1. The number of fused-ring (bicyclic) bond motifs is 1. The van der Waals surface area contributed by atoms with Crippen molar-refractivity contribution in [1.29, 1.82) is 0 Å². The summed E-state index contributed by atoms with van der Waals surface area (Å²) in [5.74, 6) is 0.827. The number of benzene rings is 1. The van der Waals surface area contributed by atoms with Crippen LogP contribution in [-0.4, -0.2) is 20.4 Å². The van der Waals surface area contributed by atoms with Gasteiger partial charge in [0.05, 0.1) is 7.11 Å². The summed E-state index contributed by atoms with van der Waals surface area (Å²) in [6.07, 6.45) is 2.48. The minimum Gasteiger partial charge on any atom is -0.497 e. The largest absolute Gasteiger partial charge is 0.497 e. The maximum atomic E-state index is 11.3. The second kappa shape index (κ2) is 4.57. The summed E-state index contributed by atoms with van der Waals surface area (Å²) in [5, 5.41) is 0. The summed E-state index contributed by atoms with van der Waals surface area (Å²) in [6, 6.07) is 5.99. The van der Waals surface area contributed by atoms with Crippen LogP contribution in [0.2, 0.25) is 0 Å². The molecule has 0 aromatic heterocycles. The van der Waals surface area contributed by atoms with Gasteiger partial charge in [-0.3, -0.25) is 4.79 Å². The van der Waals surface area contributed by atoms with Crippen molar-refractivity contribution in [3.63, 3.8) is 0 Å². The van der Waals surface area contributed by atoms with Crippen LogP contribution in [0.1, 0.15) is 19.4 Å². The first-order valence-corrected chi connectivity index (χ1v) is 6.22. The Morgan fingerprint density at radius 3 is 2.63 bits per heavy atom. The molecule has 0 unspecified atom stereocenters. The van der Waals surface area contributed by atoms with Gasteiger partial charge in [-0.1, -0.05) is 26.5 Å². The molecule has 3 nitrogen and oxygen atoms in total. The van der Waals surface area contributed by atoms with Crippen molar-refractivity contribution < 1.29 is 9.53 Å². The molecule has 0 amide bonds. The Morgan fingerprint density at radius 2 is 2.11 bits per heavy atom. The highest BCUT2D eigenvalue weighted by molar-refractivity contribution is 5.84. The average molecular weight is 257 g/mol. The summed E-state index contributed by atoms with van der Waals surface area (Å²) in [7, 11) is 3.63. The van der Waals surface area contributed by atoms with Crippen LogP contribution in [0.4, 0.5) is 5.69 Å². The van der Waals surface area contributed by atoms with Crippen LogP contribution in [-0.2, 0) is 10.2 Å². The minimum atomic E-state index is -0.247. The van der Waals surface area contributed by atoms with Gasteiger partial charge in [0, 0.05) is 29.4 Å². The first-order valence-electron chi connectivity index (χ1n) is 6.22. The van der Waals surface area contributed by atoms with Crippen molar-refractivity contribution in [2.24, 2.45) is 0 Å². The Hall–Kier alpha value is -2.03. The number of ether oxygens (including phenoxy) is 1. The van der Waals surface area contributed by atoms with Crippen LogP contribution in [0.3, 0.4) is 0 Å². The van der Waals surface area contributed by atoms with Crippen molar-refractivity contribution in [3.8, 4) is 5.75 Å². The highest BCUT2D eigenvalue weighted by Gasteiger charge is 2.40. The van der Waals surface area contributed by atoms with Gasteiger partial charge in [-0.2, -0.15) is 0 Å². The lowest BCUT2D eigenvalue weighted by Gasteiger charge is -2.25. The first kappa shape index (κ1) is 13.4. The number of anilines is 1. The fourth-order valence-electron chi connectivity index (χ4n) is 2.86. The Bertz CT molecular complexity index is 560. The van der Waals surface area contributed by atoms with Gasteiger partial charge in [0.2, 0.25) is 0 Å². The van der Waals surface area contributed by atoms with Crippen LogP contribution in [0, 0.1) is 0 Å². The van der Waals surface area contributed by atoms with Gasteiger partial charge in [0.1, 0.15) is 5.75 Å². The van der Waals surface area contributed by atoms with Crippen LogP contribution in [0.5, 0.6) is 5.75 Å². The molecule has 3 heteroatoms. The molecule has 2 rings (SSSR count). The molecule has 1 heterocycles. The van der Waals surface area contributed by atoms with Crippen molar-refractivity contribution in [1.82, 2.24) is 0 Å². The van der Waals surface area contributed by atoms with Gasteiger partial charge >= 0.3 is 0 Å². The summed E-state index contributed by atoms with van der Waals surface area (Å²) in [5.41, 5.74) is 3.61. The smallest absolute Gasteiger partial charge is 0.151 e. The molecule has 1 aliphatic heterocycles. The molecule has 1 aromatic rings. The van der Waals surface area contributed by atoms with E-state index in [1.54, 1.807) is 13.2 Å². The predicted molar refractivity (Wildman–Crippen MR) is 77.7 cm³/mol. The maximum Gasteiger partial charge on any atom is 0.151 e. The molecule has 0 saturated carbocycles. The van der Waals surface area contributed by atoms with E-state index in [0.29, 0.717) is 5.57 Å². The van der Waals surface area contributed by atoms with Crippen molar-refractivity contribution in [3.05, 3.63) is 47.7 Å². The third kappa shape index (κ3) is 1.86. The Balaban J connectivity index is 2.71. The molecule has 0 radical (unpaired) electrons. The van der Waals surface area contributed by atoms with Crippen LogP contribution in [0.25, 0.3) is 0 Å². The second-order valence-corrected chi connectivity index (χ2v) is 5.19. The van der Waals surface area contributed by atoms with E-state index in [-0.39, 0.29) is 5.41 Å². The van der Waals surface area contributed by atoms with Crippen LogP contribution < -0.4 is 9.64 Å². The highest BCUT2D eigenvalue weighted by Crippen LogP contribution is 2.48. The Labute approximate surface area is 114 Å². The summed E-state index contributed by atoms with van der Waals surface area (Å²) in [6.45, 7) is 7.95. The number of carbonyl (C=O) groups is 1. The molecular weight excluding hydrogens is 238 g/mol. The van der Waals surface area contributed by atoms with Gasteiger partial charge in [-0.15, -0.1) is 0 Å². The molecule has 0 saturated heterocycles. The molecular formula is C16H19NO2. The van der Waals surface area contributed by atoms with Crippen LogP contribution >= 0.6 is 0 Å². The SMILES string of the molecule is C=C/C(C=O)=C1/N(C)c2ccc(OC)cc2C1(C)C. The average Bonchev–Trinajstić information content (AvgIpc) is 2.61. The molecule has 100 valence electrons. The molecule has 0 bridgehead atoms. The zero-order chi connectivity index (χ0) is 14.2. The van der Waals surface area contributed by atoms with E-state index in [1.165, 1.54) is 0 Å². The van der Waals surface area contributed by atoms with Crippen molar-refractivity contribution >= 4 is 12.0 Å². The van der Waals surface area contributed by atoms with Gasteiger partial charge < -0.3 is 9.64 Å². The standard InChI is InChI=1S/C16H19NO2/c1-6-11(10-18)15-16(2,3)13-9-12(19-5)7-8-14(13)17(15)4/h6-10H,1H2,2-5H3/b15-11-. The van der Waals surface area contributed by atoms with E-state index in [1.807, 2.05) is 25.2 Å². The lowest BCUT2D eigenvalue weighted by Crippen LogP contribution is -2.25. The summed E-state index contributed by atoms with van der Waals surface area (Å²) in [4.78, 5) is 13.3. The molecule has 19 heavy (non-hydrogen) atoms. The van der Waals surface area contributed by atoms with Gasteiger partial charge in [-0.05, 0) is 23.8 Å². The third-order valence-corrected chi connectivity index (χ3v) is 3.79. The molecule has 1 aliphatic rings. The molecule has 0 spiro atoms. The zero-order valence-corrected chi connectivity index (χ0v) is 11.9. The van der Waals surface area contributed by atoms with E-state index in [4.69, 9.17) is 4.74 Å². The monoisotopic (exact) mass is 257 g/mol. The Morgan fingerprint density at radius 1 is 1.42 bits per heavy atom. The number of methoxy groups -OCH3 is 1. The van der Waals surface area contributed by atoms with E-state index in [2.05, 4.69) is 25.3 Å². The van der Waals surface area contributed by atoms with Gasteiger partial charge in [0.25, 0.3) is 0 Å². The molecule has 0 N–H and O–H groups in total. The number of allylic oxidation sites excluding steroid dienone is 3. The van der Waals surface area contributed by atoms with Crippen LogP contribution in [0.15, 0.2) is 42.1 Å². The number of hydrogen-bond donors (Lipinski definition) is 0. The van der Waals surface area contributed by atoms with Gasteiger partial charge in [-0.25, -0.2) is 0 Å². The van der Waals surface area contributed by atoms with Gasteiger partial charge in [0.15, 0.2) is 6.29 Å². The third-order valence-electron chi connectivity index (χ3n) is 3.79. The van der Waals surface area contributed by atoms with E-state index < -0.39 is 0 Å². The van der Waals surface area contributed by atoms with Crippen molar-refractivity contribution in [2.45, 2.75) is 19.3 Å². The highest BCUT2D eigenvalue weighted by atomic mass is 16.5. The Kier molecular flexibility index (Phi) is 3.23. The fraction of sp³-hybridized carbons (Fsp3) is 0.312. The second-order valence-electron chi connectivity index (χ2n) is 5.19. The molecule has 0 aliphatic carbocycles. The maximum absolute atomic E-state index is 11.3.